The molecule has 0 aliphatic rings. The van der Waals surface area contributed by atoms with E-state index < -0.39 is 27.0 Å². The van der Waals surface area contributed by atoms with Gasteiger partial charge in [0.25, 0.3) is 0 Å². The van der Waals surface area contributed by atoms with Gasteiger partial charge in [0.05, 0.1) is 0 Å². The van der Waals surface area contributed by atoms with Crippen LogP contribution in [-0.2, 0) is 0 Å². The molecule has 0 heterocycles. The van der Waals surface area contributed by atoms with Crippen molar-refractivity contribution in [3.05, 3.63) is 0 Å². The fraction of sp³-hybridized carbons (Fsp3) is 1.00. The summed E-state index contributed by atoms with van der Waals surface area (Å²) in [5, 5.41) is 0. The average Bonchev–Trinajstić information content (AvgIpc) is 1.90. The van der Waals surface area contributed by atoms with Crippen molar-refractivity contribution in [3.8, 4) is 0 Å². The van der Waals surface area contributed by atoms with E-state index in [-0.39, 0.29) is 4.81 Å². The lowest BCUT2D eigenvalue weighted by molar-refractivity contribution is 0.0495. The SMILES string of the molecule is CC(F)C(F)N(BF)CF. The van der Waals surface area contributed by atoms with E-state index in [1.54, 1.807) is 0 Å². The largest absolute Gasteiger partial charge is 0.418 e. The van der Waals surface area contributed by atoms with Crippen molar-refractivity contribution < 1.29 is 17.5 Å². The first-order valence-electron chi connectivity index (χ1n) is 2.77. The minimum Gasteiger partial charge on any atom is -0.317 e. The molecule has 0 amide bonds. The van der Waals surface area contributed by atoms with Crippen LogP contribution in [0, 0.1) is 0 Å². The maximum absolute atomic E-state index is 12.3. The zero-order chi connectivity index (χ0) is 8.15. The Hall–Kier alpha value is -0.255. The highest BCUT2D eigenvalue weighted by Crippen LogP contribution is 2.08. The van der Waals surface area contributed by atoms with Crippen LogP contribution < -0.4 is 0 Å². The fourth-order valence-electron chi connectivity index (χ4n) is 0.454. The summed E-state index contributed by atoms with van der Waals surface area (Å²) in [6, 6.07) is 0. The average molecular weight is 157 g/mol. The van der Waals surface area contributed by atoms with Crippen LogP contribution in [0.15, 0.2) is 0 Å². The van der Waals surface area contributed by atoms with Crippen LogP contribution >= 0.6 is 0 Å². The van der Waals surface area contributed by atoms with E-state index in [0.29, 0.717) is 0 Å². The first kappa shape index (κ1) is 9.74. The molecule has 0 rings (SSSR count). The standard InChI is InChI=1S/C4H8BF4N/c1-3(7)4(8)10(2-6)5-9/h3-5H,2H2,1H3. The molecule has 0 radical (unpaired) electrons. The second kappa shape index (κ2) is 4.54. The highest BCUT2D eigenvalue weighted by Gasteiger charge is 2.24. The predicted molar refractivity (Wildman–Crippen MR) is 31.5 cm³/mol. The predicted octanol–water partition coefficient (Wildman–Crippen LogP) is 1.10. The Morgan fingerprint density at radius 3 is 2.10 bits per heavy atom. The summed E-state index contributed by atoms with van der Waals surface area (Å²) in [7, 11) is -1.31. The molecule has 0 N–H and O–H groups in total. The van der Waals surface area contributed by atoms with E-state index in [9.17, 15) is 17.5 Å². The van der Waals surface area contributed by atoms with E-state index in [1.807, 2.05) is 0 Å². The topological polar surface area (TPSA) is 3.24 Å². The third-order valence-electron chi connectivity index (χ3n) is 1.03. The lowest BCUT2D eigenvalue weighted by Crippen LogP contribution is -2.38. The molecule has 1 nitrogen and oxygen atoms in total. The Labute approximate surface area is 57.3 Å². The maximum Gasteiger partial charge on any atom is 0.418 e. The van der Waals surface area contributed by atoms with Crippen LogP contribution in [0.4, 0.5) is 17.5 Å². The van der Waals surface area contributed by atoms with Gasteiger partial charge in [-0.05, 0) is 6.92 Å². The van der Waals surface area contributed by atoms with Crippen LogP contribution in [0.5, 0.6) is 0 Å². The summed E-state index contributed by atoms with van der Waals surface area (Å²) < 4.78 is 47.3. The number of nitrogens with zero attached hydrogens (tertiary/aromatic N) is 1. The van der Waals surface area contributed by atoms with Crippen LogP contribution in [0.25, 0.3) is 0 Å². The first-order chi connectivity index (χ1) is 4.63. The van der Waals surface area contributed by atoms with Gasteiger partial charge < -0.3 is 4.32 Å². The molecule has 0 saturated carbocycles. The quantitative estimate of drug-likeness (QED) is 0.335. The van der Waals surface area contributed by atoms with Crippen molar-refractivity contribution in [2.75, 3.05) is 6.80 Å². The Balaban J connectivity index is 3.76. The molecule has 0 aromatic rings. The summed E-state index contributed by atoms with van der Waals surface area (Å²) in [6.45, 7) is -0.408. The van der Waals surface area contributed by atoms with Gasteiger partial charge in [0, 0.05) is 0 Å². The number of hydrogen-bond donors (Lipinski definition) is 0. The second-order valence-electron chi connectivity index (χ2n) is 1.88. The number of rotatable bonds is 4. The molecule has 2 unspecified atom stereocenters. The van der Waals surface area contributed by atoms with Crippen molar-refractivity contribution in [2.45, 2.75) is 19.4 Å². The molecule has 6 heteroatoms. The third kappa shape index (κ3) is 2.55. The molecule has 0 spiro atoms. The third-order valence-corrected chi connectivity index (χ3v) is 1.03. The summed E-state index contributed by atoms with van der Waals surface area (Å²) in [5.41, 5.74) is 0. The van der Waals surface area contributed by atoms with Gasteiger partial charge >= 0.3 is 7.69 Å². The molecular weight excluding hydrogens is 149 g/mol. The summed E-state index contributed by atoms with van der Waals surface area (Å²) >= 11 is 0. The fourth-order valence-corrected chi connectivity index (χ4v) is 0.454. The van der Waals surface area contributed by atoms with E-state index in [1.165, 1.54) is 0 Å². The van der Waals surface area contributed by atoms with E-state index >= 15 is 0 Å². The van der Waals surface area contributed by atoms with E-state index in [2.05, 4.69) is 0 Å². The second-order valence-corrected chi connectivity index (χ2v) is 1.88. The Kier molecular flexibility index (Phi) is 4.43. The van der Waals surface area contributed by atoms with Gasteiger partial charge in [-0.3, -0.25) is 4.81 Å². The van der Waals surface area contributed by atoms with Crippen molar-refractivity contribution >= 4 is 7.69 Å². The number of alkyl halides is 3. The van der Waals surface area contributed by atoms with Crippen LogP contribution in [-0.4, -0.2) is 31.8 Å². The van der Waals surface area contributed by atoms with Crippen LogP contribution in [0.2, 0.25) is 0 Å². The van der Waals surface area contributed by atoms with Gasteiger partial charge in [0.1, 0.15) is 13.0 Å². The van der Waals surface area contributed by atoms with Gasteiger partial charge in [-0.1, -0.05) is 0 Å². The Bertz CT molecular complexity index is 87.3. The molecule has 0 aromatic heterocycles. The van der Waals surface area contributed by atoms with Crippen molar-refractivity contribution in [2.24, 2.45) is 0 Å². The summed E-state index contributed by atoms with van der Waals surface area (Å²) in [4.78, 5) is 0.116. The number of halogens is 4. The van der Waals surface area contributed by atoms with E-state index in [0.717, 1.165) is 6.92 Å². The highest BCUT2D eigenvalue weighted by atomic mass is 19.2. The van der Waals surface area contributed by atoms with Crippen LogP contribution in [0.3, 0.4) is 0 Å². The maximum atomic E-state index is 12.3. The molecule has 0 aromatic carbocycles. The molecule has 0 saturated heterocycles. The van der Waals surface area contributed by atoms with Crippen molar-refractivity contribution in [3.63, 3.8) is 0 Å². The van der Waals surface area contributed by atoms with Crippen molar-refractivity contribution in [1.82, 2.24) is 4.81 Å². The Morgan fingerprint density at radius 1 is 1.50 bits per heavy atom. The molecule has 0 aliphatic carbocycles. The lowest BCUT2D eigenvalue weighted by Gasteiger charge is -2.19. The summed E-state index contributed by atoms with van der Waals surface area (Å²) in [6.07, 6.45) is -4.05. The van der Waals surface area contributed by atoms with Gasteiger partial charge in [-0.15, -0.1) is 0 Å². The highest BCUT2D eigenvalue weighted by molar-refractivity contribution is 6.22. The molecule has 0 fully saturated rings. The van der Waals surface area contributed by atoms with E-state index in [4.69, 9.17) is 0 Å². The van der Waals surface area contributed by atoms with Crippen LogP contribution in [0.1, 0.15) is 6.92 Å². The minimum absolute atomic E-state index is 0.116. The van der Waals surface area contributed by atoms with Gasteiger partial charge in [0.2, 0.25) is 0 Å². The summed E-state index contributed by atoms with van der Waals surface area (Å²) in [5.74, 6) is 0. The molecule has 0 bridgehead atoms. The zero-order valence-corrected chi connectivity index (χ0v) is 5.53. The molecule has 60 valence electrons. The van der Waals surface area contributed by atoms with Crippen molar-refractivity contribution in [1.29, 1.82) is 0 Å². The minimum atomic E-state index is -2.19. The van der Waals surface area contributed by atoms with Gasteiger partial charge in [-0.25, -0.2) is 13.2 Å². The zero-order valence-electron chi connectivity index (χ0n) is 5.53. The normalized spacial score (nSPS) is 17.0. The smallest absolute Gasteiger partial charge is 0.317 e. The molecule has 2 atom stereocenters. The molecule has 0 aliphatic heterocycles. The monoisotopic (exact) mass is 157 g/mol. The molecule has 10 heavy (non-hydrogen) atoms. The van der Waals surface area contributed by atoms with Gasteiger partial charge in [0.15, 0.2) is 6.30 Å². The first-order valence-corrected chi connectivity index (χ1v) is 2.77. The molecular formula is C4H8BF4N. The van der Waals surface area contributed by atoms with Gasteiger partial charge in [-0.2, -0.15) is 0 Å². The number of hydrogen-bond acceptors (Lipinski definition) is 1. The Morgan fingerprint density at radius 2 is 2.00 bits per heavy atom. The lowest BCUT2D eigenvalue weighted by atomic mass is 10.2.